The number of ether oxygens (including phenoxy) is 1. The fourth-order valence-electron chi connectivity index (χ4n) is 1.89. The second-order valence-electron chi connectivity index (χ2n) is 3.84. The van der Waals surface area contributed by atoms with E-state index in [1.54, 1.807) is 0 Å². The number of hydrogen-bond donors (Lipinski definition) is 1. The summed E-state index contributed by atoms with van der Waals surface area (Å²) in [7, 11) is 0. The maximum Gasteiger partial charge on any atom is 0.119 e. The fourth-order valence-corrected chi connectivity index (χ4v) is 1.89. The smallest absolute Gasteiger partial charge is 0.119 e. The Hall–Kier alpha value is -1.02. The maximum atomic E-state index is 5.61. The zero-order valence-electron chi connectivity index (χ0n) is 8.57. The standard InChI is InChI=1S/C12H17NO/c1-2-14-11-5-3-9(4-6-11)12-7-10(12)8-13/h3-6,10,12H,2,7-8,13H2,1H3/t10-,12+/m0/s1. The second-order valence-corrected chi connectivity index (χ2v) is 3.84. The molecule has 0 heterocycles. The van der Waals surface area contributed by atoms with Crippen molar-refractivity contribution >= 4 is 0 Å². The summed E-state index contributed by atoms with van der Waals surface area (Å²) in [5.41, 5.74) is 7.02. The molecule has 76 valence electrons. The lowest BCUT2D eigenvalue weighted by Gasteiger charge is -2.04. The summed E-state index contributed by atoms with van der Waals surface area (Å²) in [6.07, 6.45) is 1.25. The molecule has 1 fully saturated rings. The summed E-state index contributed by atoms with van der Waals surface area (Å²) < 4.78 is 5.39. The average Bonchev–Trinajstić information content (AvgIpc) is 2.99. The van der Waals surface area contributed by atoms with Crippen LogP contribution in [0.5, 0.6) is 5.75 Å². The highest BCUT2D eigenvalue weighted by Gasteiger charge is 2.36. The third-order valence-electron chi connectivity index (χ3n) is 2.84. The van der Waals surface area contributed by atoms with Gasteiger partial charge in [-0.25, -0.2) is 0 Å². The normalized spacial score (nSPS) is 24.7. The van der Waals surface area contributed by atoms with Crippen LogP contribution in [0.3, 0.4) is 0 Å². The maximum absolute atomic E-state index is 5.61. The van der Waals surface area contributed by atoms with E-state index in [-0.39, 0.29) is 0 Å². The number of benzene rings is 1. The van der Waals surface area contributed by atoms with Crippen molar-refractivity contribution in [3.63, 3.8) is 0 Å². The molecule has 0 radical (unpaired) electrons. The molecule has 14 heavy (non-hydrogen) atoms. The van der Waals surface area contributed by atoms with Crippen molar-refractivity contribution < 1.29 is 4.74 Å². The van der Waals surface area contributed by atoms with Crippen molar-refractivity contribution in [1.82, 2.24) is 0 Å². The van der Waals surface area contributed by atoms with Crippen molar-refractivity contribution in [2.45, 2.75) is 19.3 Å². The molecule has 1 aromatic rings. The Morgan fingerprint density at radius 3 is 2.57 bits per heavy atom. The van der Waals surface area contributed by atoms with E-state index in [0.29, 0.717) is 11.8 Å². The summed E-state index contributed by atoms with van der Waals surface area (Å²) in [5.74, 6) is 2.38. The Balaban J connectivity index is 2.00. The Bertz CT molecular complexity index is 294. The fraction of sp³-hybridized carbons (Fsp3) is 0.500. The molecule has 2 atom stereocenters. The Morgan fingerprint density at radius 2 is 2.07 bits per heavy atom. The molecule has 0 aliphatic heterocycles. The molecule has 0 unspecified atom stereocenters. The molecular formula is C12H17NO. The van der Waals surface area contributed by atoms with Crippen LogP contribution in [0, 0.1) is 5.92 Å². The molecule has 1 aliphatic rings. The predicted molar refractivity (Wildman–Crippen MR) is 57.5 cm³/mol. The van der Waals surface area contributed by atoms with E-state index in [1.807, 2.05) is 19.1 Å². The van der Waals surface area contributed by atoms with Gasteiger partial charge >= 0.3 is 0 Å². The van der Waals surface area contributed by atoms with Crippen LogP contribution in [-0.2, 0) is 0 Å². The molecule has 0 saturated heterocycles. The van der Waals surface area contributed by atoms with Crippen LogP contribution >= 0.6 is 0 Å². The molecule has 2 N–H and O–H groups in total. The van der Waals surface area contributed by atoms with Gasteiger partial charge in [-0.15, -0.1) is 0 Å². The van der Waals surface area contributed by atoms with Crippen LogP contribution in [-0.4, -0.2) is 13.2 Å². The van der Waals surface area contributed by atoms with Gasteiger partial charge in [0.25, 0.3) is 0 Å². The molecule has 1 aromatic carbocycles. The van der Waals surface area contributed by atoms with Gasteiger partial charge in [-0.1, -0.05) is 12.1 Å². The topological polar surface area (TPSA) is 35.2 Å². The van der Waals surface area contributed by atoms with E-state index in [4.69, 9.17) is 10.5 Å². The van der Waals surface area contributed by atoms with Crippen molar-refractivity contribution in [3.05, 3.63) is 29.8 Å². The highest BCUT2D eigenvalue weighted by Crippen LogP contribution is 2.46. The van der Waals surface area contributed by atoms with Gasteiger partial charge < -0.3 is 10.5 Å². The highest BCUT2D eigenvalue weighted by atomic mass is 16.5. The highest BCUT2D eigenvalue weighted by molar-refractivity contribution is 5.32. The van der Waals surface area contributed by atoms with Crippen molar-refractivity contribution in [2.75, 3.05) is 13.2 Å². The summed E-state index contributed by atoms with van der Waals surface area (Å²) in [4.78, 5) is 0. The first-order valence-electron chi connectivity index (χ1n) is 5.28. The minimum atomic E-state index is 0.704. The van der Waals surface area contributed by atoms with E-state index in [1.165, 1.54) is 12.0 Å². The van der Waals surface area contributed by atoms with Gasteiger partial charge in [-0.3, -0.25) is 0 Å². The van der Waals surface area contributed by atoms with Gasteiger partial charge in [0.15, 0.2) is 0 Å². The van der Waals surface area contributed by atoms with Gasteiger partial charge in [0.1, 0.15) is 5.75 Å². The van der Waals surface area contributed by atoms with Crippen molar-refractivity contribution in [2.24, 2.45) is 11.7 Å². The minimum absolute atomic E-state index is 0.704. The summed E-state index contributed by atoms with van der Waals surface area (Å²) in [6.45, 7) is 3.55. The molecule has 2 heteroatoms. The van der Waals surface area contributed by atoms with Gasteiger partial charge in [0.05, 0.1) is 6.61 Å². The molecule has 1 aliphatic carbocycles. The summed E-state index contributed by atoms with van der Waals surface area (Å²) in [5, 5.41) is 0. The first kappa shape index (κ1) is 9.53. The SMILES string of the molecule is CCOc1ccc([C@H]2C[C@H]2CN)cc1. The van der Waals surface area contributed by atoms with E-state index in [9.17, 15) is 0 Å². The van der Waals surface area contributed by atoms with Gasteiger partial charge in [-0.05, 0) is 49.4 Å². The Morgan fingerprint density at radius 1 is 1.36 bits per heavy atom. The minimum Gasteiger partial charge on any atom is -0.494 e. The lowest BCUT2D eigenvalue weighted by atomic mass is 10.1. The molecule has 0 spiro atoms. The Kier molecular flexibility index (Phi) is 2.73. The number of rotatable bonds is 4. The molecular weight excluding hydrogens is 174 g/mol. The van der Waals surface area contributed by atoms with Crippen LogP contribution in [0.4, 0.5) is 0 Å². The van der Waals surface area contributed by atoms with Gasteiger partial charge in [0, 0.05) is 0 Å². The van der Waals surface area contributed by atoms with Crippen LogP contribution in [0.15, 0.2) is 24.3 Å². The van der Waals surface area contributed by atoms with Crippen molar-refractivity contribution in [3.8, 4) is 5.75 Å². The quantitative estimate of drug-likeness (QED) is 0.791. The third kappa shape index (κ3) is 1.90. The van der Waals surface area contributed by atoms with Crippen LogP contribution in [0.2, 0.25) is 0 Å². The van der Waals surface area contributed by atoms with E-state index < -0.39 is 0 Å². The average molecular weight is 191 g/mol. The number of nitrogens with two attached hydrogens (primary N) is 1. The molecule has 1 saturated carbocycles. The van der Waals surface area contributed by atoms with Crippen LogP contribution < -0.4 is 10.5 Å². The first-order valence-corrected chi connectivity index (χ1v) is 5.28. The summed E-state index contributed by atoms with van der Waals surface area (Å²) >= 11 is 0. The van der Waals surface area contributed by atoms with E-state index >= 15 is 0 Å². The first-order chi connectivity index (χ1) is 6.85. The monoisotopic (exact) mass is 191 g/mol. The lowest BCUT2D eigenvalue weighted by Crippen LogP contribution is -2.01. The number of hydrogen-bond acceptors (Lipinski definition) is 2. The largest absolute Gasteiger partial charge is 0.494 e. The third-order valence-corrected chi connectivity index (χ3v) is 2.84. The van der Waals surface area contributed by atoms with E-state index in [0.717, 1.165) is 18.9 Å². The molecule has 0 aromatic heterocycles. The van der Waals surface area contributed by atoms with Crippen LogP contribution in [0.25, 0.3) is 0 Å². The lowest BCUT2D eigenvalue weighted by molar-refractivity contribution is 0.340. The molecule has 0 bridgehead atoms. The molecule has 2 nitrogen and oxygen atoms in total. The van der Waals surface area contributed by atoms with Crippen LogP contribution in [0.1, 0.15) is 24.8 Å². The zero-order valence-corrected chi connectivity index (χ0v) is 8.57. The molecule has 2 rings (SSSR count). The predicted octanol–water partition coefficient (Wildman–Crippen LogP) is 2.15. The molecule has 0 amide bonds. The van der Waals surface area contributed by atoms with Gasteiger partial charge in [-0.2, -0.15) is 0 Å². The Labute approximate surface area is 85.1 Å². The second kappa shape index (κ2) is 4.01. The van der Waals surface area contributed by atoms with E-state index in [2.05, 4.69) is 12.1 Å². The summed E-state index contributed by atoms with van der Waals surface area (Å²) in [6, 6.07) is 8.41. The van der Waals surface area contributed by atoms with Crippen molar-refractivity contribution in [1.29, 1.82) is 0 Å². The zero-order chi connectivity index (χ0) is 9.97. The van der Waals surface area contributed by atoms with Gasteiger partial charge in [0.2, 0.25) is 0 Å².